The van der Waals surface area contributed by atoms with Crippen LogP contribution in [0.25, 0.3) is 0 Å². The van der Waals surface area contributed by atoms with E-state index in [9.17, 15) is 28.9 Å². The fourth-order valence-corrected chi connectivity index (χ4v) is 9.93. The molecule has 3 unspecified atom stereocenters. The Morgan fingerprint density at radius 2 is 0.645 bits per heavy atom. The molecular weight excluding hydrogens is 976 g/mol. The van der Waals surface area contributed by atoms with E-state index in [0.717, 1.165) is 96.3 Å². The minimum atomic E-state index is -4.75. The second-order valence-electron chi connectivity index (χ2n) is 21.6. The SMILES string of the molecule is CCCCC/C=C\C/C=C\CCCCCCCCCC(=O)OC(COC(=O)CCCCCCC/C=C\CCCCCCCC)COP(=O)(O)OCC(CO)OC(=O)CCCCCCCCCCCCCCCCCCC. The Hall–Kier alpha value is -2.30. The summed E-state index contributed by atoms with van der Waals surface area (Å²) in [6.07, 6.45) is 62.3. The minimum absolute atomic E-state index is 0.160. The smallest absolute Gasteiger partial charge is 0.462 e. The standard InChI is InChI=1S/C64H119O11P/c1-4-7-10-13-16-19-22-25-28-30-33-36-39-42-45-48-51-54-63(67)74-60(56-65)58-72-76(69,70)73-59-61(57-71-62(66)53-50-47-44-41-38-35-32-27-24-21-18-15-12-9-6-3)75-64(68)55-52-49-46-43-40-37-34-31-29-26-23-20-17-14-11-8-5-2/h17,20,26-27,29,32,60-61,65H,4-16,18-19,21-25,28,30-31,33-59H2,1-3H3,(H,69,70)/b20-17-,29-26-,32-27-. The summed E-state index contributed by atoms with van der Waals surface area (Å²) >= 11 is 0. The monoisotopic (exact) mass is 1090 g/mol. The van der Waals surface area contributed by atoms with Crippen LogP contribution in [0.15, 0.2) is 36.5 Å². The van der Waals surface area contributed by atoms with Crippen molar-refractivity contribution in [1.29, 1.82) is 0 Å². The molecule has 0 fully saturated rings. The highest BCUT2D eigenvalue weighted by Crippen LogP contribution is 2.43. The highest BCUT2D eigenvalue weighted by atomic mass is 31.2. The van der Waals surface area contributed by atoms with Gasteiger partial charge in [0.2, 0.25) is 0 Å². The number of phosphoric acid groups is 1. The molecule has 2 N–H and O–H groups in total. The summed E-state index contributed by atoms with van der Waals surface area (Å²) < 4.78 is 39.7. The first-order valence-corrected chi connectivity index (χ1v) is 33.4. The third kappa shape index (κ3) is 56.4. The van der Waals surface area contributed by atoms with Crippen molar-refractivity contribution in [3.05, 3.63) is 36.5 Å². The summed E-state index contributed by atoms with van der Waals surface area (Å²) in [6, 6.07) is 0. The lowest BCUT2D eigenvalue weighted by molar-refractivity contribution is -0.161. The third-order valence-electron chi connectivity index (χ3n) is 14.0. The largest absolute Gasteiger partial charge is 0.472 e. The fraction of sp³-hybridized carbons (Fsp3) is 0.859. The Bertz CT molecular complexity index is 1420. The number of hydrogen-bond acceptors (Lipinski definition) is 10. The van der Waals surface area contributed by atoms with E-state index < -0.39 is 57.8 Å². The van der Waals surface area contributed by atoms with E-state index in [0.29, 0.717) is 19.3 Å². The molecule has 0 aromatic carbocycles. The predicted octanol–water partition coefficient (Wildman–Crippen LogP) is 19.2. The maximum atomic E-state index is 12.9. The van der Waals surface area contributed by atoms with Gasteiger partial charge >= 0.3 is 25.7 Å². The van der Waals surface area contributed by atoms with E-state index >= 15 is 0 Å². The van der Waals surface area contributed by atoms with Gasteiger partial charge in [0.05, 0.1) is 19.8 Å². The van der Waals surface area contributed by atoms with Gasteiger partial charge in [0.25, 0.3) is 0 Å². The lowest BCUT2D eigenvalue weighted by atomic mass is 10.0. The Labute approximate surface area is 467 Å². The summed E-state index contributed by atoms with van der Waals surface area (Å²) in [5.41, 5.74) is 0. The van der Waals surface area contributed by atoms with Crippen LogP contribution in [0, 0.1) is 0 Å². The Balaban J connectivity index is 4.67. The van der Waals surface area contributed by atoms with Crippen LogP contribution < -0.4 is 0 Å². The molecule has 12 heteroatoms. The van der Waals surface area contributed by atoms with Crippen molar-refractivity contribution < 1.29 is 52.2 Å². The van der Waals surface area contributed by atoms with E-state index in [1.54, 1.807) is 0 Å². The van der Waals surface area contributed by atoms with Crippen LogP contribution >= 0.6 is 7.82 Å². The van der Waals surface area contributed by atoms with Crippen LogP contribution in [0.3, 0.4) is 0 Å². The minimum Gasteiger partial charge on any atom is -0.462 e. The summed E-state index contributed by atoms with van der Waals surface area (Å²) in [5.74, 6) is -1.46. The summed E-state index contributed by atoms with van der Waals surface area (Å²) in [6.45, 7) is 4.66. The quantitative estimate of drug-likeness (QED) is 0.0197. The highest BCUT2D eigenvalue weighted by molar-refractivity contribution is 7.47. The molecule has 446 valence electrons. The second kappa shape index (κ2) is 58.8. The van der Waals surface area contributed by atoms with Gasteiger partial charge in [0, 0.05) is 19.3 Å². The van der Waals surface area contributed by atoms with Crippen molar-refractivity contribution in [3.63, 3.8) is 0 Å². The van der Waals surface area contributed by atoms with Crippen molar-refractivity contribution in [2.24, 2.45) is 0 Å². The number of unbranched alkanes of at least 4 members (excludes halogenated alkanes) is 37. The number of allylic oxidation sites excluding steroid dienone is 6. The van der Waals surface area contributed by atoms with E-state index in [1.807, 2.05) is 0 Å². The summed E-state index contributed by atoms with van der Waals surface area (Å²) in [4.78, 5) is 48.7. The van der Waals surface area contributed by atoms with E-state index in [-0.39, 0.29) is 25.9 Å². The van der Waals surface area contributed by atoms with Gasteiger partial charge in [-0.2, -0.15) is 0 Å². The van der Waals surface area contributed by atoms with Crippen molar-refractivity contribution >= 4 is 25.7 Å². The molecule has 0 aliphatic heterocycles. The van der Waals surface area contributed by atoms with Crippen molar-refractivity contribution in [2.45, 2.75) is 328 Å². The second-order valence-corrected chi connectivity index (χ2v) is 23.0. The lowest BCUT2D eigenvalue weighted by Crippen LogP contribution is -2.30. The van der Waals surface area contributed by atoms with Crippen LogP contribution in [0.4, 0.5) is 0 Å². The van der Waals surface area contributed by atoms with Crippen molar-refractivity contribution in [3.8, 4) is 0 Å². The van der Waals surface area contributed by atoms with Gasteiger partial charge in [-0.25, -0.2) is 4.57 Å². The molecule has 3 atom stereocenters. The van der Waals surface area contributed by atoms with Gasteiger partial charge in [-0.3, -0.25) is 23.4 Å². The molecule has 0 bridgehead atoms. The Kier molecular flexibility index (Phi) is 57.1. The molecule has 0 aromatic rings. The maximum Gasteiger partial charge on any atom is 0.472 e. The molecule has 0 aliphatic carbocycles. The highest BCUT2D eigenvalue weighted by Gasteiger charge is 2.28. The average molecular weight is 1100 g/mol. The number of aliphatic hydroxyl groups is 1. The Morgan fingerprint density at radius 3 is 1.01 bits per heavy atom. The first-order valence-electron chi connectivity index (χ1n) is 31.9. The van der Waals surface area contributed by atoms with Crippen LogP contribution in [0.5, 0.6) is 0 Å². The summed E-state index contributed by atoms with van der Waals surface area (Å²) in [7, 11) is -4.75. The van der Waals surface area contributed by atoms with Gasteiger partial charge in [0.1, 0.15) is 12.7 Å². The van der Waals surface area contributed by atoms with E-state index in [4.69, 9.17) is 23.3 Å². The van der Waals surface area contributed by atoms with Crippen molar-refractivity contribution in [2.75, 3.05) is 26.4 Å². The van der Waals surface area contributed by atoms with Gasteiger partial charge in [-0.05, 0) is 77.0 Å². The summed E-state index contributed by atoms with van der Waals surface area (Å²) in [5, 5.41) is 9.85. The predicted molar refractivity (Wildman–Crippen MR) is 316 cm³/mol. The number of ether oxygens (including phenoxy) is 3. The molecule has 0 saturated carbocycles. The van der Waals surface area contributed by atoms with E-state index in [1.165, 1.54) is 161 Å². The molecule has 0 heterocycles. The zero-order valence-corrected chi connectivity index (χ0v) is 50.4. The number of phosphoric ester groups is 1. The molecule has 0 amide bonds. The normalized spacial score (nSPS) is 13.5. The van der Waals surface area contributed by atoms with Gasteiger partial charge in [-0.1, -0.05) is 256 Å². The number of esters is 3. The number of rotatable bonds is 60. The van der Waals surface area contributed by atoms with Crippen molar-refractivity contribution in [1.82, 2.24) is 0 Å². The van der Waals surface area contributed by atoms with Crippen LogP contribution in [0.2, 0.25) is 0 Å². The zero-order chi connectivity index (χ0) is 55.5. The lowest BCUT2D eigenvalue weighted by Gasteiger charge is -2.21. The molecule has 0 radical (unpaired) electrons. The Morgan fingerprint density at radius 1 is 0.368 bits per heavy atom. The zero-order valence-electron chi connectivity index (χ0n) is 49.5. The first kappa shape index (κ1) is 73.7. The molecule has 0 aromatic heterocycles. The number of carbonyl (C=O) groups excluding carboxylic acids is 3. The number of hydrogen-bond donors (Lipinski definition) is 2. The number of carbonyl (C=O) groups is 3. The molecule has 0 spiro atoms. The average Bonchev–Trinajstić information content (AvgIpc) is 3.41. The molecular formula is C64H119O11P. The number of aliphatic hydroxyl groups excluding tert-OH is 1. The first-order chi connectivity index (χ1) is 37.2. The van der Waals surface area contributed by atoms with Gasteiger partial charge in [-0.15, -0.1) is 0 Å². The fourth-order valence-electron chi connectivity index (χ4n) is 9.15. The van der Waals surface area contributed by atoms with E-state index in [2.05, 4.69) is 57.2 Å². The molecule has 11 nitrogen and oxygen atoms in total. The topological polar surface area (TPSA) is 155 Å². The van der Waals surface area contributed by atoms with Crippen LogP contribution in [0.1, 0.15) is 316 Å². The van der Waals surface area contributed by atoms with Crippen LogP contribution in [-0.4, -0.2) is 66.5 Å². The van der Waals surface area contributed by atoms with Gasteiger partial charge < -0.3 is 24.2 Å². The molecule has 0 saturated heterocycles. The maximum absolute atomic E-state index is 12.9. The van der Waals surface area contributed by atoms with Gasteiger partial charge in [0.15, 0.2) is 6.10 Å². The molecule has 0 aliphatic rings. The molecule has 76 heavy (non-hydrogen) atoms. The molecule has 0 rings (SSSR count). The van der Waals surface area contributed by atoms with Crippen LogP contribution in [-0.2, 0) is 42.2 Å². The third-order valence-corrected chi connectivity index (χ3v) is 15.0.